The van der Waals surface area contributed by atoms with Crippen LogP contribution >= 0.6 is 0 Å². The molecule has 6 nitrogen and oxygen atoms in total. The number of hydrogen-bond donors (Lipinski definition) is 0. The number of rotatable bonds is 3. The van der Waals surface area contributed by atoms with Crippen LogP contribution in [0.25, 0.3) is 5.82 Å². The predicted molar refractivity (Wildman–Crippen MR) is 86.1 cm³/mol. The third kappa shape index (κ3) is 3.00. The maximum atomic E-state index is 5.63. The molecule has 0 atom stereocenters. The molecule has 2 aromatic heterocycles. The van der Waals surface area contributed by atoms with Gasteiger partial charge in [-0.25, -0.2) is 15.0 Å². The standard InChI is InChI=1S/C16H19N5O/c1-12(2)22-16-8-13(3)21(11-19-16)15-9-20(10-18-15)14-6-4-5-7-17-14/h4-10,12H,11H2,1-3H3. The van der Waals surface area contributed by atoms with E-state index in [1.54, 1.807) is 12.5 Å². The average Bonchev–Trinajstić information content (AvgIpc) is 2.97. The zero-order valence-electron chi connectivity index (χ0n) is 13.0. The maximum Gasteiger partial charge on any atom is 0.212 e. The molecule has 0 radical (unpaired) electrons. The van der Waals surface area contributed by atoms with E-state index < -0.39 is 0 Å². The number of aliphatic imine (C=N–C) groups is 1. The van der Waals surface area contributed by atoms with Crippen LogP contribution < -0.4 is 4.90 Å². The summed E-state index contributed by atoms with van der Waals surface area (Å²) >= 11 is 0. The Morgan fingerprint density at radius 3 is 2.73 bits per heavy atom. The topological polar surface area (TPSA) is 55.5 Å². The number of imidazole rings is 1. The van der Waals surface area contributed by atoms with Gasteiger partial charge in [0, 0.05) is 18.0 Å². The van der Waals surface area contributed by atoms with Gasteiger partial charge in [0.1, 0.15) is 18.8 Å². The van der Waals surface area contributed by atoms with Gasteiger partial charge in [0.05, 0.1) is 12.3 Å². The molecule has 0 aliphatic carbocycles. The van der Waals surface area contributed by atoms with Gasteiger partial charge in [0.2, 0.25) is 5.90 Å². The molecule has 0 fully saturated rings. The highest BCUT2D eigenvalue weighted by Gasteiger charge is 2.17. The van der Waals surface area contributed by atoms with E-state index in [0.717, 1.165) is 17.3 Å². The van der Waals surface area contributed by atoms with Crippen LogP contribution in [0.3, 0.4) is 0 Å². The van der Waals surface area contributed by atoms with Crippen LogP contribution in [0.15, 0.2) is 53.7 Å². The maximum absolute atomic E-state index is 5.63. The summed E-state index contributed by atoms with van der Waals surface area (Å²) in [4.78, 5) is 15.2. The van der Waals surface area contributed by atoms with E-state index in [-0.39, 0.29) is 6.10 Å². The molecule has 6 heteroatoms. The van der Waals surface area contributed by atoms with E-state index in [2.05, 4.69) is 15.0 Å². The van der Waals surface area contributed by atoms with Crippen LogP contribution in [0.2, 0.25) is 0 Å². The molecule has 0 aromatic carbocycles. The number of allylic oxidation sites excluding steroid dienone is 1. The lowest BCUT2D eigenvalue weighted by Crippen LogP contribution is -2.28. The lowest BCUT2D eigenvalue weighted by atomic mass is 10.3. The highest BCUT2D eigenvalue weighted by Crippen LogP contribution is 2.21. The largest absolute Gasteiger partial charge is 0.475 e. The van der Waals surface area contributed by atoms with Crippen molar-refractivity contribution in [2.24, 2.45) is 4.99 Å². The van der Waals surface area contributed by atoms with Crippen molar-refractivity contribution < 1.29 is 4.74 Å². The van der Waals surface area contributed by atoms with Gasteiger partial charge in [-0.3, -0.25) is 4.57 Å². The molecule has 2 aromatic rings. The molecule has 0 spiro atoms. The van der Waals surface area contributed by atoms with Crippen LogP contribution in [0, 0.1) is 0 Å². The number of ether oxygens (including phenoxy) is 1. The molecule has 3 heterocycles. The summed E-state index contributed by atoms with van der Waals surface area (Å²) in [5.74, 6) is 2.35. The highest BCUT2D eigenvalue weighted by atomic mass is 16.5. The van der Waals surface area contributed by atoms with E-state index in [1.165, 1.54) is 0 Å². The van der Waals surface area contributed by atoms with E-state index >= 15 is 0 Å². The molecule has 3 rings (SSSR count). The minimum Gasteiger partial charge on any atom is -0.475 e. The Labute approximate surface area is 129 Å². The van der Waals surface area contributed by atoms with Crippen LogP contribution in [-0.2, 0) is 4.74 Å². The normalized spacial score (nSPS) is 14.8. The zero-order chi connectivity index (χ0) is 15.5. The minimum atomic E-state index is 0.123. The number of anilines is 1. The van der Waals surface area contributed by atoms with Gasteiger partial charge in [0.25, 0.3) is 0 Å². The summed E-state index contributed by atoms with van der Waals surface area (Å²) in [6.07, 6.45) is 7.53. The molecule has 0 saturated carbocycles. The lowest BCUT2D eigenvalue weighted by Gasteiger charge is -2.25. The second kappa shape index (κ2) is 6.01. The molecule has 0 N–H and O–H groups in total. The van der Waals surface area contributed by atoms with E-state index in [9.17, 15) is 0 Å². The fraction of sp³-hybridized carbons (Fsp3) is 0.312. The van der Waals surface area contributed by atoms with Crippen molar-refractivity contribution in [1.29, 1.82) is 0 Å². The summed E-state index contributed by atoms with van der Waals surface area (Å²) in [7, 11) is 0. The fourth-order valence-corrected chi connectivity index (χ4v) is 2.20. The molecule has 0 unspecified atom stereocenters. The van der Waals surface area contributed by atoms with Crippen molar-refractivity contribution in [2.75, 3.05) is 11.6 Å². The first-order chi connectivity index (χ1) is 10.6. The van der Waals surface area contributed by atoms with Gasteiger partial charge in [0.15, 0.2) is 5.82 Å². The number of pyridine rings is 1. The van der Waals surface area contributed by atoms with Crippen molar-refractivity contribution in [3.63, 3.8) is 0 Å². The summed E-state index contributed by atoms with van der Waals surface area (Å²) in [5, 5.41) is 0. The summed E-state index contributed by atoms with van der Waals surface area (Å²) in [6, 6.07) is 5.79. The van der Waals surface area contributed by atoms with Crippen molar-refractivity contribution in [1.82, 2.24) is 14.5 Å². The summed E-state index contributed by atoms with van der Waals surface area (Å²) in [6.45, 7) is 6.51. The van der Waals surface area contributed by atoms with Crippen molar-refractivity contribution in [2.45, 2.75) is 26.9 Å². The zero-order valence-corrected chi connectivity index (χ0v) is 13.0. The van der Waals surface area contributed by atoms with Crippen molar-refractivity contribution in [3.05, 3.63) is 48.7 Å². The Balaban J connectivity index is 1.78. The third-order valence-corrected chi connectivity index (χ3v) is 3.24. The van der Waals surface area contributed by atoms with Gasteiger partial charge < -0.3 is 9.64 Å². The van der Waals surface area contributed by atoms with E-state index in [4.69, 9.17) is 4.74 Å². The molecule has 22 heavy (non-hydrogen) atoms. The Morgan fingerprint density at radius 1 is 1.18 bits per heavy atom. The van der Waals surface area contributed by atoms with E-state index in [0.29, 0.717) is 12.6 Å². The molecule has 0 saturated heterocycles. The first kappa shape index (κ1) is 14.3. The van der Waals surface area contributed by atoms with Gasteiger partial charge in [-0.1, -0.05) is 6.07 Å². The smallest absolute Gasteiger partial charge is 0.212 e. The van der Waals surface area contributed by atoms with Crippen molar-refractivity contribution >= 4 is 11.7 Å². The predicted octanol–water partition coefficient (Wildman–Crippen LogP) is 2.77. The van der Waals surface area contributed by atoms with Crippen LogP contribution in [0.5, 0.6) is 0 Å². The molecular formula is C16H19N5O. The summed E-state index contributed by atoms with van der Waals surface area (Å²) in [5.41, 5.74) is 1.05. The Hall–Kier alpha value is -2.63. The Bertz CT molecular complexity index is 702. The van der Waals surface area contributed by atoms with Crippen LogP contribution in [0.1, 0.15) is 20.8 Å². The number of hydrogen-bond acceptors (Lipinski definition) is 5. The van der Waals surface area contributed by atoms with Crippen LogP contribution in [0.4, 0.5) is 5.82 Å². The lowest BCUT2D eigenvalue weighted by molar-refractivity contribution is 0.229. The van der Waals surface area contributed by atoms with Gasteiger partial charge in [-0.15, -0.1) is 0 Å². The van der Waals surface area contributed by atoms with Crippen LogP contribution in [-0.4, -0.2) is 33.2 Å². The first-order valence-electron chi connectivity index (χ1n) is 7.26. The van der Waals surface area contributed by atoms with E-state index in [1.807, 2.05) is 60.7 Å². The first-order valence-corrected chi connectivity index (χ1v) is 7.26. The fourth-order valence-electron chi connectivity index (χ4n) is 2.20. The summed E-state index contributed by atoms with van der Waals surface area (Å²) < 4.78 is 7.53. The molecule has 1 aliphatic rings. The molecule has 114 valence electrons. The number of aromatic nitrogens is 3. The quantitative estimate of drug-likeness (QED) is 0.874. The SMILES string of the molecule is CC1=CC(OC(C)C)=NCN1c1cn(-c2ccccn2)cn1. The molecule has 0 amide bonds. The monoisotopic (exact) mass is 297 g/mol. The minimum absolute atomic E-state index is 0.123. The van der Waals surface area contributed by atoms with Crippen molar-refractivity contribution in [3.8, 4) is 5.82 Å². The second-order valence-electron chi connectivity index (χ2n) is 5.35. The number of nitrogens with zero attached hydrogens (tertiary/aromatic N) is 5. The van der Waals surface area contributed by atoms with Gasteiger partial charge in [-0.05, 0) is 32.9 Å². The molecule has 1 aliphatic heterocycles. The van der Waals surface area contributed by atoms with Gasteiger partial charge >= 0.3 is 0 Å². The second-order valence-corrected chi connectivity index (χ2v) is 5.35. The highest BCUT2D eigenvalue weighted by molar-refractivity contribution is 5.90. The molecule has 0 bridgehead atoms. The Kier molecular flexibility index (Phi) is 3.91. The van der Waals surface area contributed by atoms with Gasteiger partial charge in [-0.2, -0.15) is 0 Å². The molecular weight excluding hydrogens is 278 g/mol. The average molecular weight is 297 g/mol. The third-order valence-electron chi connectivity index (χ3n) is 3.24. The Morgan fingerprint density at radius 2 is 2.05 bits per heavy atom.